The molecule has 0 aliphatic rings. The van der Waals surface area contributed by atoms with Gasteiger partial charge in [-0.25, -0.2) is 4.79 Å². The fourth-order valence-corrected chi connectivity index (χ4v) is 1.84. The molecule has 0 spiro atoms. The number of ether oxygens (including phenoxy) is 1. The molecule has 2 aromatic rings. The summed E-state index contributed by atoms with van der Waals surface area (Å²) >= 11 is 0. The van der Waals surface area contributed by atoms with Crippen LogP contribution in [0.1, 0.15) is 10.4 Å². The van der Waals surface area contributed by atoms with Crippen LogP contribution in [0.5, 0.6) is 0 Å². The molecule has 0 aromatic heterocycles. The minimum atomic E-state index is -0.521. The molecule has 0 saturated carbocycles. The molecule has 0 fully saturated rings. The maximum Gasteiger partial charge on any atom is 0.338 e. The molecule has 0 saturated heterocycles. The third kappa shape index (κ3) is 4.34. The molecule has 0 aliphatic heterocycles. The highest BCUT2D eigenvalue weighted by Gasteiger charge is 2.11. The largest absolute Gasteiger partial charge is 0.452 e. The van der Waals surface area contributed by atoms with E-state index in [0.29, 0.717) is 11.3 Å². The van der Waals surface area contributed by atoms with Crippen molar-refractivity contribution in [3.8, 4) is 0 Å². The number of carbonyl (C=O) groups is 2. The highest BCUT2D eigenvalue weighted by Crippen LogP contribution is 2.14. The molecule has 22 heavy (non-hydrogen) atoms. The maximum atomic E-state index is 12.0. The average molecular weight is 298 g/mol. The number of carbonyl (C=O) groups excluding carboxylic acids is 2. The number of amides is 1. The van der Waals surface area contributed by atoms with Crippen molar-refractivity contribution >= 4 is 23.3 Å². The smallest absolute Gasteiger partial charge is 0.338 e. The number of hydrogen-bond donors (Lipinski definition) is 1. The van der Waals surface area contributed by atoms with E-state index in [9.17, 15) is 9.59 Å². The number of esters is 1. The monoisotopic (exact) mass is 298 g/mol. The van der Waals surface area contributed by atoms with Gasteiger partial charge in [-0.15, -0.1) is 0 Å². The van der Waals surface area contributed by atoms with E-state index in [1.807, 2.05) is 43.3 Å². The van der Waals surface area contributed by atoms with Crippen LogP contribution in [0.4, 0.5) is 11.4 Å². The fourth-order valence-electron chi connectivity index (χ4n) is 1.84. The second kappa shape index (κ2) is 7.26. The first-order valence-corrected chi connectivity index (χ1v) is 6.85. The summed E-state index contributed by atoms with van der Waals surface area (Å²) in [6, 6.07) is 16.0. The quantitative estimate of drug-likeness (QED) is 0.862. The van der Waals surface area contributed by atoms with Gasteiger partial charge in [0.1, 0.15) is 0 Å². The van der Waals surface area contributed by atoms with Gasteiger partial charge in [0.05, 0.1) is 5.56 Å². The van der Waals surface area contributed by atoms with E-state index < -0.39 is 5.97 Å². The predicted octanol–water partition coefficient (Wildman–Crippen LogP) is 2.55. The van der Waals surface area contributed by atoms with E-state index in [0.717, 1.165) is 5.69 Å². The first-order valence-electron chi connectivity index (χ1n) is 6.85. The summed E-state index contributed by atoms with van der Waals surface area (Å²) in [5.41, 5.74) is 1.97. The van der Waals surface area contributed by atoms with Crippen LogP contribution in [0, 0.1) is 0 Å². The molecule has 2 aromatic carbocycles. The zero-order chi connectivity index (χ0) is 15.9. The molecule has 0 atom stereocenters. The van der Waals surface area contributed by atoms with Gasteiger partial charge in [-0.2, -0.15) is 0 Å². The first kappa shape index (κ1) is 15.6. The van der Waals surface area contributed by atoms with Gasteiger partial charge < -0.3 is 15.0 Å². The molecule has 5 nitrogen and oxygen atoms in total. The normalized spacial score (nSPS) is 9.91. The Bertz CT molecular complexity index is 654. The zero-order valence-corrected chi connectivity index (χ0v) is 12.6. The molecule has 1 N–H and O–H groups in total. The van der Waals surface area contributed by atoms with Gasteiger partial charge in [0, 0.05) is 25.5 Å². The van der Waals surface area contributed by atoms with Crippen LogP contribution in [0.15, 0.2) is 54.6 Å². The van der Waals surface area contributed by atoms with Crippen molar-refractivity contribution in [1.29, 1.82) is 0 Å². The van der Waals surface area contributed by atoms with Crippen molar-refractivity contribution in [2.75, 3.05) is 30.9 Å². The van der Waals surface area contributed by atoms with Crippen molar-refractivity contribution in [1.82, 2.24) is 0 Å². The molecule has 0 heterocycles. The Morgan fingerprint density at radius 2 is 1.77 bits per heavy atom. The van der Waals surface area contributed by atoms with Crippen molar-refractivity contribution < 1.29 is 14.3 Å². The van der Waals surface area contributed by atoms with Gasteiger partial charge >= 0.3 is 5.97 Å². The number of nitrogens with one attached hydrogen (secondary N) is 1. The van der Waals surface area contributed by atoms with Gasteiger partial charge in [-0.3, -0.25) is 4.79 Å². The number of para-hydroxylation sites is 1. The molecule has 2 rings (SSSR count). The molecule has 0 unspecified atom stereocenters. The van der Waals surface area contributed by atoms with Gasteiger partial charge in [0.25, 0.3) is 5.91 Å². The molecule has 0 aliphatic carbocycles. The number of benzene rings is 2. The van der Waals surface area contributed by atoms with E-state index in [1.165, 1.54) is 0 Å². The van der Waals surface area contributed by atoms with Crippen molar-refractivity contribution in [3.63, 3.8) is 0 Å². The number of anilines is 2. The first-order chi connectivity index (χ1) is 10.6. The Morgan fingerprint density at radius 1 is 1.05 bits per heavy atom. The molecule has 5 heteroatoms. The van der Waals surface area contributed by atoms with E-state index in [1.54, 1.807) is 30.3 Å². The Hall–Kier alpha value is -2.82. The van der Waals surface area contributed by atoms with Crippen LogP contribution in [0.2, 0.25) is 0 Å². The average Bonchev–Trinajstić information content (AvgIpc) is 2.53. The second-order valence-corrected chi connectivity index (χ2v) is 4.94. The predicted molar refractivity (Wildman–Crippen MR) is 86.1 cm³/mol. The molecular weight excluding hydrogens is 280 g/mol. The topological polar surface area (TPSA) is 58.6 Å². The highest BCUT2D eigenvalue weighted by atomic mass is 16.5. The minimum Gasteiger partial charge on any atom is -0.452 e. The third-order valence-electron chi connectivity index (χ3n) is 2.99. The minimum absolute atomic E-state index is 0.320. The standard InChI is InChI=1S/C17H18N2O3/c1-19(2)15-10-6-7-13(11-15)17(21)22-12-16(20)18-14-8-4-3-5-9-14/h3-11H,12H2,1-2H3,(H,18,20). The van der Waals surface area contributed by atoms with Gasteiger partial charge in [-0.05, 0) is 30.3 Å². The molecular formula is C17H18N2O3. The van der Waals surface area contributed by atoms with E-state index in [2.05, 4.69) is 5.32 Å². The summed E-state index contributed by atoms with van der Waals surface area (Å²) < 4.78 is 5.03. The Morgan fingerprint density at radius 3 is 2.45 bits per heavy atom. The summed E-state index contributed by atoms with van der Waals surface area (Å²) in [6.07, 6.45) is 0. The lowest BCUT2D eigenvalue weighted by Gasteiger charge is -2.13. The van der Waals surface area contributed by atoms with E-state index >= 15 is 0 Å². The zero-order valence-electron chi connectivity index (χ0n) is 12.6. The van der Waals surface area contributed by atoms with Crippen molar-refractivity contribution in [3.05, 3.63) is 60.2 Å². The lowest BCUT2D eigenvalue weighted by molar-refractivity contribution is -0.119. The summed E-state index contributed by atoms with van der Waals surface area (Å²) in [7, 11) is 3.77. The molecule has 1 amide bonds. The van der Waals surface area contributed by atoms with Gasteiger partial charge in [0.15, 0.2) is 6.61 Å². The van der Waals surface area contributed by atoms with Crippen LogP contribution in [-0.2, 0) is 9.53 Å². The van der Waals surface area contributed by atoms with Gasteiger partial charge in [0.2, 0.25) is 0 Å². The maximum absolute atomic E-state index is 12.0. The summed E-state index contributed by atoms with van der Waals surface area (Å²) in [6.45, 7) is -0.320. The summed E-state index contributed by atoms with van der Waals surface area (Å²) in [5.74, 6) is -0.893. The number of nitrogens with zero attached hydrogens (tertiary/aromatic N) is 1. The van der Waals surface area contributed by atoms with E-state index in [-0.39, 0.29) is 12.5 Å². The highest BCUT2D eigenvalue weighted by molar-refractivity contribution is 5.95. The number of hydrogen-bond acceptors (Lipinski definition) is 4. The lowest BCUT2D eigenvalue weighted by Crippen LogP contribution is -2.21. The van der Waals surface area contributed by atoms with Crippen LogP contribution in [0.3, 0.4) is 0 Å². The number of rotatable bonds is 5. The second-order valence-electron chi connectivity index (χ2n) is 4.94. The summed E-state index contributed by atoms with van der Waals surface area (Å²) in [4.78, 5) is 25.6. The van der Waals surface area contributed by atoms with Crippen LogP contribution in [0.25, 0.3) is 0 Å². The van der Waals surface area contributed by atoms with Crippen LogP contribution >= 0.6 is 0 Å². The Kier molecular flexibility index (Phi) is 5.14. The molecule has 114 valence electrons. The summed E-state index contributed by atoms with van der Waals surface area (Å²) in [5, 5.41) is 2.65. The molecule has 0 bridgehead atoms. The van der Waals surface area contributed by atoms with Gasteiger partial charge in [-0.1, -0.05) is 24.3 Å². The van der Waals surface area contributed by atoms with E-state index in [4.69, 9.17) is 4.74 Å². The SMILES string of the molecule is CN(C)c1cccc(C(=O)OCC(=O)Nc2ccccc2)c1. The van der Waals surface area contributed by atoms with Crippen LogP contribution < -0.4 is 10.2 Å². The molecule has 0 radical (unpaired) electrons. The third-order valence-corrected chi connectivity index (χ3v) is 2.99. The van der Waals surface area contributed by atoms with Crippen molar-refractivity contribution in [2.24, 2.45) is 0 Å². The Labute approximate surface area is 129 Å². The fraction of sp³-hybridized carbons (Fsp3) is 0.176. The van der Waals surface area contributed by atoms with Crippen LogP contribution in [-0.4, -0.2) is 32.6 Å². The Balaban J connectivity index is 1.90. The van der Waals surface area contributed by atoms with Crippen molar-refractivity contribution in [2.45, 2.75) is 0 Å². The lowest BCUT2D eigenvalue weighted by atomic mass is 10.2.